The van der Waals surface area contributed by atoms with Crippen molar-refractivity contribution in [2.75, 3.05) is 4.72 Å². The van der Waals surface area contributed by atoms with Gasteiger partial charge in [0.15, 0.2) is 0 Å². The topological polar surface area (TPSA) is 64.6 Å². The highest BCUT2D eigenvalue weighted by molar-refractivity contribution is 7.92. The van der Waals surface area contributed by atoms with Crippen molar-refractivity contribution in [3.8, 4) is 0 Å². The molecule has 1 heterocycles. The summed E-state index contributed by atoms with van der Waals surface area (Å²) >= 11 is 0. The van der Waals surface area contributed by atoms with Crippen molar-refractivity contribution in [3.05, 3.63) is 54.3 Å². The standard InChI is InChI=1S/C18H21BFNO4S/c1-17(2)18(3,4)25-19(24-17)13-9-11-14(12-10-13)21-26(22,23)16-8-6-5-7-15(16)20/h5-12,21H,1-4H3. The summed E-state index contributed by atoms with van der Waals surface area (Å²) in [6.07, 6.45) is 0. The van der Waals surface area contributed by atoms with Gasteiger partial charge in [0.05, 0.1) is 11.2 Å². The molecule has 1 saturated heterocycles. The predicted molar refractivity (Wildman–Crippen MR) is 99.4 cm³/mol. The van der Waals surface area contributed by atoms with Crippen molar-refractivity contribution in [2.24, 2.45) is 0 Å². The van der Waals surface area contributed by atoms with E-state index in [-0.39, 0.29) is 0 Å². The molecule has 1 aliphatic heterocycles. The highest BCUT2D eigenvalue weighted by Crippen LogP contribution is 2.36. The summed E-state index contributed by atoms with van der Waals surface area (Å²) in [6, 6.07) is 11.9. The Morgan fingerprint density at radius 2 is 1.46 bits per heavy atom. The molecule has 0 aromatic heterocycles. The fraction of sp³-hybridized carbons (Fsp3) is 0.333. The molecule has 1 N–H and O–H groups in total. The molecular formula is C18H21BFNO4S. The van der Waals surface area contributed by atoms with Crippen LogP contribution in [0, 0.1) is 5.82 Å². The molecule has 3 rings (SSSR count). The number of hydrogen-bond donors (Lipinski definition) is 1. The van der Waals surface area contributed by atoms with Gasteiger partial charge in [0, 0.05) is 5.69 Å². The van der Waals surface area contributed by atoms with Gasteiger partial charge < -0.3 is 9.31 Å². The maximum atomic E-state index is 13.7. The molecule has 2 aromatic rings. The van der Waals surface area contributed by atoms with Crippen LogP contribution in [-0.4, -0.2) is 26.7 Å². The van der Waals surface area contributed by atoms with E-state index in [1.807, 2.05) is 27.7 Å². The van der Waals surface area contributed by atoms with Gasteiger partial charge in [0.1, 0.15) is 10.7 Å². The molecule has 0 saturated carbocycles. The molecule has 0 spiro atoms. The molecule has 0 amide bonds. The van der Waals surface area contributed by atoms with Gasteiger partial charge in [0.25, 0.3) is 10.0 Å². The number of sulfonamides is 1. The number of nitrogens with one attached hydrogen (secondary N) is 1. The summed E-state index contributed by atoms with van der Waals surface area (Å²) in [5.74, 6) is -0.797. The van der Waals surface area contributed by atoms with Gasteiger partial charge in [-0.2, -0.15) is 0 Å². The Balaban J connectivity index is 1.78. The number of halogens is 1. The number of anilines is 1. The largest absolute Gasteiger partial charge is 0.494 e. The average Bonchev–Trinajstić information content (AvgIpc) is 2.76. The molecule has 0 unspecified atom stereocenters. The third-order valence-corrected chi connectivity index (χ3v) is 6.23. The van der Waals surface area contributed by atoms with E-state index in [2.05, 4.69) is 4.72 Å². The van der Waals surface area contributed by atoms with Gasteiger partial charge in [-0.3, -0.25) is 4.72 Å². The Bertz CT molecular complexity index is 897. The summed E-state index contributed by atoms with van der Waals surface area (Å²) in [4.78, 5) is -0.393. The zero-order valence-electron chi connectivity index (χ0n) is 15.1. The lowest BCUT2D eigenvalue weighted by Crippen LogP contribution is -2.41. The fourth-order valence-electron chi connectivity index (χ4n) is 2.56. The third-order valence-electron chi connectivity index (χ3n) is 4.81. The summed E-state index contributed by atoms with van der Waals surface area (Å²) in [6.45, 7) is 7.85. The van der Waals surface area contributed by atoms with E-state index in [1.54, 1.807) is 24.3 Å². The zero-order valence-corrected chi connectivity index (χ0v) is 15.9. The van der Waals surface area contributed by atoms with Crippen LogP contribution in [0.15, 0.2) is 53.4 Å². The lowest BCUT2D eigenvalue weighted by molar-refractivity contribution is 0.00578. The molecule has 0 aliphatic carbocycles. The maximum Gasteiger partial charge on any atom is 0.494 e. The molecule has 0 bridgehead atoms. The Hall–Kier alpha value is -1.90. The van der Waals surface area contributed by atoms with E-state index < -0.39 is 39.1 Å². The van der Waals surface area contributed by atoms with E-state index in [4.69, 9.17) is 9.31 Å². The van der Waals surface area contributed by atoms with Crippen LogP contribution >= 0.6 is 0 Å². The second-order valence-electron chi connectivity index (χ2n) is 7.25. The average molecular weight is 377 g/mol. The number of rotatable bonds is 4. The first-order valence-electron chi connectivity index (χ1n) is 8.25. The SMILES string of the molecule is CC1(C)OB(c2ccc(NS(=O)(=O)c3ccccc3F)cc2)OC1(C)C. The molecule has 8 heteroatoms. The minimum absolute atomic E-state index is 0.327. The van der Waals surface area contributed by atoms with Crippen LogP contribution in [0.3, 0.4) is 0 Å². The lowest BCUT2D eigenvalue weighted by Gasteiger charge is -2.32. The molecule has 2 aromatic carbocycles. The first kappa shape index (κ1) is 18.9. The van der Waals surface area contributed by atoms with Crippen LogP contribution in [0.1, 0.15) is 27.7 Å². The van der Waals surface area contributed by atoms with Crippen LogP contribution in [0.25, 0.3) is 0 Å². The van der Waals surface area contributed by atoms with Crippen LogP contribution in [0.4, 0.5) is 10.1 Å². The van der Waals surface area contributed by atoms with Crippen molar-refractivity contribution < 1.29 is 22.1 Å². The van der Waals surface area contributed by atoms with Gasteiger partial charge in [-0.05, 0) is 57.4 Å². The van der Waals surface area contributed by atoms with E-state index in [1.165, 1.54) is 18.2 Å². The Morgan fingerprint density at radius 3 is 2.00 bits per heavy atom. The van der Waals surface area contributed by atoms with E-state index >= 15 is 0 Å². The molecule has 1 aliphatic rings. The van der Waals surface area contributed by atoms with Crippen molar-refractivity contribution in [1.82, 2.24) is 0 Å². The second-order valence-corrected chi connectivity index (χ2v) is 8.90. The maximum absolute atomic E-state index is 13.7. The first-order valence-corrected chi connectivity index (χ1v) is 9.73. The number of hydrogen-bond acceptors (Lipinski definition) is 4. The van der Waals surface area contributed by atoms with E-state index in [0.717, 1.165) is 11.5 Å². The molecular weight excluding hydrogens is 356 g/mol. The molecule has 0 atom stereocenters. The minimum Gasteiger partial charge on any atom is -0.399 e. The highest BCUT2D eigenvalue weighted by Gasteiger charge is 2.51. The van der Waals surface area contributed by atoms with Crippen molar-refractivity contribution >= 4 is 28.3 Å². The van der Waals surface area contributed by atoms with Gasteiger partial charge in [0.2, 0.25) is 0 Å². The lowest BCUT2D eigenvalue weighted by atomic mass is 9.79. The van der Waals surface area contributed by atoms with Gasteiger partial charge in [-0.1, -0.05) is 24.3 Å². The monoisotopic (exact) mass is 377 g/mol. The Morgan fingerprint density at radius 1 is 0.923 bits per heavy atom. The third kappa shape index (κ3) is 3.49. The molecule has 1 fully saturated rings. The summed E-state index contributed by atoms with van der Waals surface area (Å²) in [7, 11) is -4.53. The molecule has 26 heavy (non-hydrogen) atoms. The fourth-order valence-corrected chi connectivity index (χ4v) is 3.70. The number of benzene rings is 2. The van der Waals surface area contributed by atoms with Gasteiger partial charge in [-0.15, -0.1) is 0 Å². The predicted octanol–water partition coefficient (Wildman–Crippen LogP) is 2.93. The summed E-state index contributed by atoms with van der Waals surface area (Å²) in [5, 5.41) is 0. The molecule has 5 nitrogen and oxygen atoms in total. The van der Waals surface area contributed by atoms with Gasteiger partial charge in [-0.25, -0.2) is 12.8 Å². The Labute approximate surface area is 153 Å². The summed E-state index contributed by atoms with van der Waals surface area (Å²) in [5.41, 5.74) is 0.192. The minimum atomic E-state index is -4.00. The van der Waals surface area contributed by atoms with Gasteiger partial charge >= 0.3 is 7.12 Å². The normalized spacial score (nSPS) is 18.7. The van der Waals surface area contributed by atoms with Crippen molar-refractivity contribution in [3.63, 3.8) is 0 Å². The van der Waals surface area contributed by atoms with Crippen molar-refractivity contribution in [2.45, 2.75) is 43.8 Å². The quantitative estimate of drug-likeness (QED) is 0.833. The Kier molecular flexibility index (Phi) is 4.63. The summed E-state index contributed by atoms with van der Waals surface area (Å²) < 4.78 is 52.7. The molecule has 138 valence electrons. The second kappa shape index (κ2) is 6.37. The van der Waals surface area contributed by atoms with Crippen LogP contribution < -0.4 is 10.2 Å². The van der Waals surface area contributed by atoms with E-state index in [9.17, 15) is 12.8 Å². The van der Waals surface area contributed by atoms with Crippen LogP contribution in [0.2, 0.25) is 0 Å². The van der Waals surface area contributed by atoms with Crippen LogP contribution in [-0.2, 0) is 19.3 Å². The zero-order chi connectivity index (χ0) is 19.2. The molecule has 0 radical (unpaired) electrons. The first-order chi connectivity index (χ1) is 12.0. The smallest absolute Gasteiger partial charge is 0.399 e. The van der Waals surface area contributed by atoms with Crippen LogP contribution in [0.5, 0.6) is 0 Å². The van der Waals surface area contributed by atoms with E-state index in [0.29, 0.717) is 5.69 Å². The van der Waals surface area contributed by atoms with Crippen molar-refractivity contribution in [1.29, 1.82) is 0 Å². The highest BCUT2D eigenvalue weighted by atomic mass is 32.2.